The summed E-state index contributed by atoms with van der Waals surface area (Å²) in [5, 5.41) is 0. The summed E-state index contributed by atoms with van der Waals surface area (Å²) < 4.78 is 15.7. The van der Waals surface area contributed by atoms with Crippen molar-refractivity contribution < 1.29 is 18.7 Å². The molecule has 6 heteroatoms. The van der Waals surface area contributed by atoms with Gasteiger partial charge in [0.05, 0.1) is 11.8 Å². The zero-order valence-electron chi connectivity index (χ0n) is 12.7. The van der Waals surface area contributed by atoms with Crippen molar-refractivity contribution in [2.24, 2.45) is 0 Å². The van der Waals surface area contributed by atoms with Gasteiger partial charge in [-0.1, -0.05) is 6.07 Å². The van der Waals surface area contributed by atoms with E-state index in [9.17, 15) is 4.79 Å². The minimum atomic E-state index is 0.0430. The molecule has 4 rings (SSSR count). The Hall–Kier alpha value is -2.47. The summed E-state index contributed by atoms with van der Waals surface area (Å²) >= 11 is 0. The molecule has 23 heavy (non-hydrogen) atoms. The molecule has 2 aliphatic rings. The Labute approximate surface area is 134 Å². The molecule has 1 aromatic carbocycles. The van der Waals surface area contributed by atoms with Gasteiger partial charge >= 0.3 is 0 Å². The van der Waals surface area contributed by atoms with Crippen molar-refractivity contribution in [2.45, 2.75) is 6.54 Å². The van der Waals surface area contributed by atoms with Crippen LogP contribution in [0.1, 0.15) is 15.9 Å². The second kappa shape index (κ2) is 5.96. The number of benzene rings is 1. The normalized spacial score (nSPS) is 17.5. The molecule has 120 valence electrons. The first-order chi connectivity index (χ1) is 11.3. The molecule has 1 saturated heterocycles. The van der Waals surface area contributed by atoms with Gasteiger partial charge in [0.2, 0.25) is 6.79 Å². The van der Waals surface area contributed by atoms with Gasteiger partial charge in [-0.25, -0.2) is 0 Å². The molecule has 2 aliphatic heterocycles. The minimum Gasteiger partial charge on any atom is -0.472 e. The van der Waals surface area contributed by atoms with E-state index < -0.39 is 0 Å². The Morgan fingerprint density at radius 2 is 1.87 bits per heavy atom. The lowest BCUT2D eigenvalue weighted by Gasteiger charge is -2.34. The smallest absolute Gasteiger partial charge is 0.257 e. The number of fused-ring (bicyclic) bond motifs is 1. The third kappa shape index (κ3) is 2.90. The summed E-state index contributed by atoms with van der Waals surface area (Å²) in [5.74, 6) is 1.67. The van der Waals surface area contributed by atoms with Crippen LogP contribution >= 0.6 is 0 Å². The number of carbonyl (C=O) groups is 1. The van der Waals surface area contributed by atoms with Crippen LogP contribution in [0.5, 0.6) is 11.5 Å². The van der Waals surface area contributed by atoms with Crippen molar-refractivity contribution in [3.8, 4) is 11.5 Å². The van der Waals surface area contributed by atoms with E-state index in [0.29, 0.717) is 12.4 Å². The molecule has 1 amide bonds. The fourth-order valence-electron chi connectivity index (χ4n) is 2.98. The second-order valence-electron chi connectivity index (χ2n) is 5.77. The molecule has 0 radical (unpaired) electrons. The standard InChI is InChI=1S/C17H18N2O4/c20-17(14-3-8-21-11-14)19-6-4-18(5-7-19)10-13-1-2-15-16(9-13)23-12-22-15/h1-3,8-9,11H,4-7,10,12H2. The molecular weight excluding hydrogens is 296 g/mol. The van der Waals surface area contributed by atoms with E-state index in [1.807, 2.05) is 17.0 Å². The highest BCUT2D eigenvalue weighted by Gasteiger charge is 2.23. The summed E-state index contributed by atoms with van der Waals surface area (Å²) in [4.78, 5) is 16.5. The molecule has 1 aromatic heterocycles. The lowest BCUT2D eigenvalue weighted by Crippen LogP contribution is -2.48. The van der Waals surface area contributed by atoms with Crippen molar-refractivity contribution in [2.75, 3.05) is 33.0 Å². The summed E-state index contributed by atoms with van der Waals surface area (Å²) in [6, 6.07) is 7.76. The molecule has 0 aliphatic carbocycles. The number of hydrogen-bond donors (Lipinski definition) is 0. The molecule has 0 N–H and O–H groups in total. The summed E-state index contributed by atoms with van der Waals surface area (Å²) in [7, 11) is 0. The van der Waals surface area contributed by atoms with Crippen LogP contribution in [0.3, 0.4) is 0 Å². The lowest BCUT2D eigenvalue weighted by atomic mass is 10.1. The maximum atomic E-state index is 12.3. The number of hydrogen-bond acceptors (Lipinski definition) is 5. The predicted molar refractivity (Wildman–Crippen MR) is 82.5 cm³/mol. The van der Waals surface area contributed by atoms with Gasteiger partial charge in [-0.2, -0.15) is 0 Å². The number of amides is 1. The topological polar surface area (TPSA) is 55.2 Å². The maximum absolute atomic E-state index is 12.3. The number of nitrogens with zero attached hydrogens (tertiary/aromatic N) is 2. The maximum Gasteiger partial charge on any atom is 0.257 e. The van der Waals surface area contributed by atoms with Gasteiger partial charge < -0.3 is 18.8 Å². The van der Waals surface area contributed by atoms with Gasteiger partial charge in [-0.3, -0.25) is 9.69 Å². The number of rotatable bonds is 3. The van der Waals surface area contributed by atoms with Gasteiger partial charge in [-0.05, 0) is 23.8 Å². The van der Waals surface area contributed by atoms with Gasteiger partial charge in [0.1, 0.15) is 6.26 Å². The van der Waals surface area contributed by atoms with E-state index in [1.165, 1.54) is 18.1 Å². The molecule has 6 nitrogen and oxygen atoms in total. The van der Waals surface area contributed by atoms with Crippen LogP contribution in [0.15, 0.2) is 41.2 Å². The number of ether oxygens (including phenoxy) is 2. The summed E-state index contributed by atoms with van der Waals surface area (Å²) in [5.41, 5.74) is 1.82. The third-order valence-electron chi connectivity index (χ3n) is 4.27. The number of furan rings is 1. The molecule has 0 saturated carbocycles. The van der Waals surface area contributed by atoms with Crippen molar-refractivity contribution in [1.29, 1.82) is 0 Å². The van der Waals surface area contributed by atoms with E-state index in [1.54, 1.807) is 6.07 Å². The van der Waals surface area contributed by atoms with Crippen LogP contribution in [-0.2, 0) is 6.54 Å². The number of carbonyl (C=O) groups excluding carboxylic acids is 1. The Balaban J connectivity index is 1.34. The minimum absolute atomic E-state index is 0.0430. The van der Waals surface area contributed by atoms with Gasteiger partial charge in [0, 0.05) is 32.7 Å². The molecule has 0 bridgehead atoms. The highest BCUT2D eigenvalue weighted by atomic mass is 16.7. The fraction of sp³-hybridized carbons (Fsp3) is 0.353. The van der Waals surface area contributed by atoms with Crippen molar-refractivity contribution in [3.05, 3.63) is 47.9 Å². The zero-order valence-corrected chi connectivity index (χ0v) is 12.7. The quantitative estimate of drug-likeness (QED) is 0.867. The van der Waals surface area contributed by atoms with Crippen molar-refractivity contribution in [1.82, 2.24) is 9.80 Å². The van der Waals surface area contributed by atoms with E-state index in [0.717, 1.165) is 44.2 Å². The van der Waals surface area contributed by atoms with Crippen LogP contribution in [0, 0.1) is 0 Å². The van der Waals surface area contributed by atoms with Gasteiger partial charge in [-0.15, -0.1) is 0 Å². The summed E-state index contributed by atoms with van der Waals surface area (Å²) in [6.45, 7) is 4.33. The Kier molecular flexibility index (Phi) is 3.67. The Bertz CT molecular complexity index is 691. The molecule has 2 aromatic rings. The first-order valence-electron chi connectivity index (χ1n) is 7.72. The molecular formula is C17H18N2O4. The zero-order chi connectivity index (χ0) is 15.6. The van der Waals surface area contributed by atoms with Crippen molar-refractivity contribution >= 4 is 5.91 Å². The van der Waals surface area contributed by atoms with Gasteiger partial charge in [0.25, 0.3) is 5.91 Å². The van der Waals surface area contributed by atoms with Crippen molar-refractivity contribution in [3.63, 3.8) is 0 Å². The Morgan fingerprint density at radius 1 is 1.04 bits per heavy atom. The lowest BCUT2D eigenvalue weighted by molar-refractivity contribution is 0.0628. The molecule has 0 unspecified atom stereocenters. The highest BCUT2D eigenvalue weighted by molar-refractivity contribution is 5.93. The van der Waals surface area contributed by atoms with Crippen LogP contribution in [-0.4, -0.2) is 48.7 Å². The average molecular weight is 314 g/mol. The summed E-state index contributed by atoms with van der Waals surface area (Å²) in [6.07, 6.45) is 3.03. The van der Waals surface area contributed by atoms with Crippen LogP contribution < -0.4 is 9.47 Å². The van der Waals surface area contributed by atoms with E-state index in [-0.39, 0.29) is 5.91 Å². The average Bonchev–Trinajstić information content (AvgIpc) is 3.26. The van der Waals surface area contributed by atoms with Crippen LogP contribution in [0.4, 0.5) is 0 Å². The third-order valence-corrected chi connectivity index (χ3v) is 4.27. The fourth-order valence-corrected chi connectivity index (χ4v) is 2.98. The molecule has 0 atom stereocenters. The predicted octanol–water partition coefficient (Wildman–Crippen LogP) is 1.97. The first-order valence-corrected chi connectivity index (χ1v) is 7.72. The van der Waals surface area contributed by atoms with E-state index >= 15 is 0 Å². The van der Waals surface area contributed by atoms with Gasteiger partial charge in [0.15, 0.2) is 11.5 Å². The number of piperazine rings is 1. The molecule has 3 heterocycles. The SMILES string of the molecule is O=C(c1ccoc1)N1CCN(Cc2ccc3c(c2)OCO3)CC1. The van der Waals surface area contributed by atoms with E-state index in [2.05, 4.69) is 11.0 Å². The Morgan fingerprint density at radius 3 is 2.65 bits per heavy atom. The highest BCUT2D eigenvalue weighted by Crippen LogP contribution is 2.32. The molecule has 1 fully saturated rings. The monoisotopic (exact) mass is 314 g/mol. The second-order valence-corrected chi connectivity index (χ2v) is 5.77. The first kappa shape index (κ1) is 14.1. The molecule has 0 spiro atoms. The van der Waals surface area contributed by atoms with E-state index in [4.69, 9.17) is 13.9 Å². The van der Waals surface area contributed by atoms with Crippen LogP contribution in [0.25, 0.3) is 0 Å². The van der Waals surface area contributed by atoms with Crippen LogP contribution in [0.2, 0.25) is 0 Å². The largest absolute Gasteiger partial charge is 0.472 e.